The zero-order valence-electron chi connectivity index (χ0n) is 12.7. The fourth-order valence-corrected chi connectivity index (χ4v) is 2.84. The molecule has 1 aliphatic heterocycles. The van der Waals surface area contributed by atoms with Crippen molar-refractivity contribution in [3.05, 3.63) is 29.3 Å². The molecule has 1 unspecified atom stereocenters. The SMILES string of the molecule is CCCCC1CN(c2ccc(Cl)cc2)C(=O)CN1C(=O)CO. The quantitative estimate of drug-likeness (QED) is 0.902. The van der Waals surface area contributed by atoms with Crippen LogP contribution in [-0.4, -0.2) is 47.6 Å². The molecule has 1 aromatic carbocycles. The van der Waals surface area contributed by atoms with Crippen molar-refractivity contribution in [2.75, 3.05) is 24.6 Å². The Kier molecular flexibility index (Phi) is 5.80. The number of aliphatic hydroxyl groups is 1. The number of piperazine rings is 1. The standard InChI is InChI=1S/C16H21ClN2O3/c1-2-3-4-14-9-18(13-7-5-12(17)6-8-13)15(21)10-19(14)16(22)11-20/h5-8,14,20H,2-4,9-11H2,1H3. The van der Waals surface area contributed by atoms with Crippen LogP contribution in [0.3, 0.4) is 0 Å². The predicted molar refractivity (Wildman–Crippen MR) is 85.9 cm³/mol. The van der Waals surface area contributed by atoms with Gasteiger partial charge in [-0.2, -0.15) is 0 Å². The molecule has 1 heterocycles. The third kappa shape index (κ3) is 3.78. The van der Waals surface area contributed by atoms with E-state index in [4.69, 9.17) is 16.7 Å². The van der Waals surface area contributed by atoms with Crippen molar-refractivity contribution in [2.24, 2.45) is 0 Å². The monoisotopic (exact) mass is 324 g/mol. The molecule has 120 valence electrons. The summed E-state index contributed by atoms with van der Waals surface area (Å²) >= 11 is 5.88. The molecule has 22 heavy (non-hydrogen) atoms. The minimum atomic E-state index is -0.559. The molecule has 1 saturated heterocycles. The summed E-state index contributed by atoms with van der Waals surface area (Å²) in [5.74, 6) is -0.526. The molecule has 5 nitrogen and oxygen atoms in total. The summed E-state index contributed by atoms with van der Waals surface area (Å²) in [4.78, 5) is 27.4. The molecule has 0 radical (unpaired) electrons. The first-order valence-corrected chi connectivity index (χ1v) is 7.90. The number of amides is 2. The lowest BCUT2D eigenvalue weighted by Gasteiger charge is -2.41. The first-order valence-electron chi connectivity index (χ1n) is 7.53. The van der Waals surface area contributed by atoms with Crippen LogP contribution in [0, 0.1) is 0 Å². The number of nitrogens with zero attached hydrogens (tertiary/aromatic N) is 2. The minimum absolute atomic E-state index is 0.0103. The maximum absolute atomic E-state index is 12.3. The zero-order chi connectivity index (χ0) is 16.1. The smallest absolute Gasteiger partial charge is 0.249 e. The Hall–Kier alpha value is -1.59. The summed E-state index contributed by atoms with van der Waals surface area (Å²) in [7, 11) is 0. The van der Waals surface area contributed by atoms with Crippen molar-refractivity contribution in [2.45, 2.75) is 32.2 Å². The Balaban J connectivity index is 2.19. The summed E-state index contributed by atoms with van der Waals surface area (Å²) in [6.07, 6.45) is 2.81. The van der Waals surface area contributed by atoms with Crippen LogP contribution in [0.25, 0.3) is 0 Å². The van der Waals surface area contributed by atoms with E-state index < -0.39 is 6.61 Å². The molecule has 0 saturated carbocycles. The Morgan fingerprint density at radius 2 is 2.05 bits per heavy atom. The topological polar surface area (TPSA) is 60.9 Å². The van der Waals surface area contributed by atoms with Gasteiger partial charge in [-0.25, -0.2) is 0 Å². The lowest BCUT2D eigenvalue weighted by molar-refractivity contribution is -0.142. The number of carbonyl (C=O) groups is 2. The molecule has 2 amide bonds. The number of carbonyl (C=O) groups excluding carboxylic acids is 2. The van der Waals surface area contributed by atoms with Gasteiger partial charge in [0.15, 0.2) is 0 Å². The molecule has 0 aliphatic carbocycles. The summed E-state index contributed by atoms with van der Waals surface area (Å²) in [6, 6.07) is 7.04. The maximum Gasteiger partial charge on any atom is 0.249 e. The van der Waals surface area contributed by atoms with Crippen LogP contribution in [0.2, 0.25) is 5.02 Å². The largest absolute Gasteiger partial charge is 0.387 e. The van der Waals surface area contributed by atoms with E-state index in [1.54, 1.807) is 29.2 Å². The molecular weight excluding hydrogens is 304 g/mol. The van der Waals surface area contributed by atoms with Crippen molar-refractivity contribution >= 4 is 29.1 Å². The van der Waals surface area contributed by atoms with Crippen molar-refractivity contribution in [1.29, 1.82) is 0 Å². The molecule has 6 heteroatoms. The van der Waals surface area contributed by atoms with E-state index in [1.807, 2.05) is 0 Å². The van der Waals surface area contributed by atoms with E-state index in [0.717, 1.165) is 24.9 Å². The van der Waals surface area contributed by atoms with Gasteiger partial charge in [0.2, 0.25) is 11.8 Å². The molecule has 1 N–H and O–H groups in total. The lowest BCUT2D eigenvalue weighted by atomic mass is 10.0. The second kappa shape index (κ2) is 7.61. The maximum atomic E-state index is 12.3. The molecule has 0 bridgehead atoms. The van der Waals surface area contributed by atoms with Crippen LogP contribution >= 0.6 is 11.6 Å². The second-order valence-electron chi connectivity index (χ2n) is 5.46. The van der Waals surface area contributed by atoms with E-state index in [9.17, 15) is 9.59 Å². The fourth-order valence-electron chi connectivity index (χ4n) is 2.71. The van der Waals surface area contributed by atoms with Gasteiger partial charge >= 0.3 is 0 Å². The molecule has 0 aromatic heterocycles. The van der Waals surface area contributed by atoms with E-state index in [1.165, 1.54) is 4.90 Å². The normalized spacial score (nSPS) is 18.7. The molecule has 0 spiro atoms. The molecule has 1 fully saturated rings. The number of benzene rings is 1. The number of aliphatic hydroxyl groups excluding tert-OH is 1. The lowest BCUT2D eigenvalue weighted by Crippen LogP contribution is -2.58. The summed E-state index contributed by atoms with van der Waals surface area (Å²) in [5, 5.41) is 9.72. The van der Waals surface area contributed by atoms with E-state index in [2.05, 4.69) is 6.92 Å². The van der Waals surface area contributed by atoms with Gasteiger partial charge in [-0.3, -0.25) is 9.59 Å². The van der Waals surface area contributed by atoms with Gasteiger partial charge in [0, 0.05) is 17.3 Å². The first-order chi connectivity index (χ1) is 10.6. The zero-order valence-corrected chi connectivity index (χ0v) is 13.4. The second-order valence-corrected chi connectivity index (χ2v) is 5.89. The number of rotatable bonds is 5. The number of halogens is 1. The third-order valence-corrected chi connectivity index (χ3v) is 4.18. The van der Waals surface area contributed by atoms with Crippen molar-refractivity contribution in [1.82, 2.24) is 4.90 Å². The van der Waals surface area contributed by atoms with Gasteiger partial charge in [0.1, 0.15) is 13.2 Å². The predicted octanol–water partition coefficient (Wildman–Crippen LogP) is 2.07. The van der Waals surface area contributed by atoms with Gasteiger partial charge in [0.05, 0.1) is 6.04 Å². The van der Waals surface area contributed by atoms with Crippen molar-refractivity contribution in [3.8, 4) is 0 Å². The van der Waals surface area contributed by atoms with Gasteiger partial charge in [0.25, 0.3) is 0 Å². The number of anilines is 1. The van der Waals surface area contributed by atoms with E-state index in [-0.39, 0.29) is 24.4 Å². The number of hydrogen-bond donors (Lipinski definition) is 1. The summed E-state index contributed by atoms with van der Waals surface area (Å²) < 4.78 is 0. The average Bonchev–Trinajstić information content (AvgIpc) is 2.53. The molecular formula is C16H21ClN2O3. The highest BCUT2D eigenvalue weighted by Gasteiger charge is 2.34. The highest BCUT2D eigenvalue weighted by molar-refractivity contribution is 6.30. The van der Waals surface area contributed by atoms with E-state index in [0.29, 0.717) is 11.6 Å². The van der Waals surface area contributed by atoms with Gasteiger partial charge in [-0.1, -0.05) is 31.4 Å². The fraction of sp³-hybridized carbons (Fsp3) is 0.500. The van der Waals surface area contributed by atoms with Crippen LogP contribution < -0.4 is 4.90 Å². The highest BCUT2D eigenvalue weighted by Crippen LogP contribution is 2.24. The van der Waals surface area contributed by atoms with Gasteiger partial charge in [-0.05, 0) is 30.7 Å². The van der Waals surface area contributed by atoms with E-state index >= 15 is 0 Å². The summed E-state index contributed by atoms with van der Waals surface area (Å²) in [5.41, 5.74) is 0.784. The summed E-state index contributed by atoms with van der Waals surface area (Å²) in [6.45, 7) is 1.99. The number of hydrogen-bond acceptors (Lipinski definition) is 3. The number of unbranched alkanes of at least 4 members (excludes halogenated alkanes) is 1. The van der Waals surface area contributed by atoms with Gasteiger partial charge in [-0.15, -0.1) is 0 Å². The van der Waals surface area contributed by atoms with Crippen molar-refractivity contribution in [3.63, 3.8) is 0 Å². The van der Waals surface area contributed by atoms with Crippen LogP contribution in [0.1, 0.15) is 26.2 Å². The van der Waals surface area contributed by atoms with Crippen LogP contribution in [-0.2, 0) is 9.59 Å². The molecule has 1 aliphatic rings. The first kappa shape index (κ1) is 16.8. The molecule has 1 aromatic rings. The molecule has 2 rings (SSSR count). The Labute approximate surface area is 135 Å². The van der Waals surface area contributed by atoms with Gasteiger partial charge < -0.3 is 14.9 Å². The molecule has 1 atom stereocenters. The van der Waals surface area contributed by atoms with Crippen molar-refractivity contribution < 1.29 is 14.7 Å². The van der Waals surface area contributed by atoms with Crippen LogP contribution in [0.5, 0.6) is 0 Å². The highest BCUT2D eigenvalue weighted by atomic mass is 35.5. The third-order valence-electron chi connectivity index (χ3n) is 3.93. The Bertz CT molecular complexity index is 533. The average molecular weight is 325 g/mol. The Morgan fingerprint density at radius 1 is 1.36 bits per heavy atom. The minimum Gasteiger partial charge on any atom is -0.387 e. The Morgan fingerprint density at radius 3 is 2.64 bits per heavy atom. The van der Waals surface area contributed by atoms with Crippen LogP contribution in [0.4, 0.5) is 5.69 Å². The van der Waals surface area contributed by atoms with Crippen LogP contribution in [0.15, 0.2) is 24.3 Å².